The van der Waals surface area contributed by atoms with E-state index in [-0.39, 0.29) is 29.1 Å². The maximum absolute atomic E-state index is 13.6. The van der Waals surface area contributed by atoms with Gasteiger partial charge in [0.05, 0.1) is 12.4 Å². The summed E-state index contributed by atoms with van der Waals surface area (Å²) >= 11 is 0. The standard InChI is InChI=1S/C17H15F2N3O4/c18-10-1-2-15(12(19)7-10)26-11-3-5-22(6-4-11)16(23)13-8-21-14(9-20-13)17(24)25/h1-2,7-9,11H,3-6H2,(H,24,25). The highest BCUT2D eigenvalue weighted by Gasteiger charge is 2.26. The van der Waals surface area contributed by atoms with Gasteiger partial charge >= 0.3 is 5.97 Å². The normalized spacial score (nSPS) is 14.9. The van der Waals surface area contributed by atoms with Crippen LogP contribution < -0.4 is 4.74 Å². The van der Waals surface area contributed by atoms with Crippen LogP contribution in [0.3, 0.4) is 0 Å². The second kappa shape index (κ2) is 7.42. The summed E-state index contributed by atoms with van der Waals surface area (Å²) in [6.45, 7) is 0.739. The van der Waals surface area contributed by atoms with Gasteiger partial charge in [0.15, 0.2) is 17.3 Å². The van der Waals surface area contributed by atoms with Crippen LogP contribution >= 0.6 is 0 Å². The molecule has 2 heterocycles. The molecule has 3 rings (SSSR count). The molecule has 0 radical (unpaired) electrons. The Bertz CT molecular complexity index is 821. The lowest BCUT2D eigenvalue weighted by Gasteiger charge is -2.32. The molecular formula is C17H15F2N3O4. The minimum absolute atomic E-state index is 0.0219. The van der Waals surface area contributed by atoms with Crippen molar-refractivity contribution in [3.63, 3.8) is 0 Å². The van der Waals surface area contributed by atoms with Crippen molar-refractivity contribution < 1.29 is 28.2 Å². The Labute approximate surface area is 147 Å². The second-order valence-corrected chi connectivity index (χ2v) is 5.78. The quantitative estimate of drug-likeness (QED) is 0.895. The summed E-state index contributed by atoms with van der Waals surface area (Å²) in [5.74, 6) is -3.04. The Morgan fingerprint density at radius 2 is 1.77 bits per heavy atom. The molecule has 1 aromatic carbocycles. The van der Waals surface area contributed by atoms with Gasteiger partial charge in [-0.15, -0.1) is 0 Å². The number of rotatable bonds is 4. The van der Waals surface area contributed by atoms with Gasteiger partial charge in [-0.05, 0) is 12.1 Å². The van der Waals surface area contributed by atoms with E-state index in [1.54, 1.807) is 4.90 Å². The molecule has 1 fully saturated rings. The van der Waals surface area contributed by atoms with E-state index in [4.69, 9.17) is 9.84 Å². The molecule has 1 amide bonds. The average Bonchev–Trinajstić information content (AvgIpc) is 2.64. The Kier molecular flexibility index (Phi) is 5.06. The molecule has 136 valence electrons. The van der Waals surface area contributed by atoms with Crippen molar-refractivity contribution in [2.75, 3.05) is 13.1 Å². The highest BCUT2D eigenvalue weighted by Crippen LogP contribution is 2.23. The van der Waals surface area contributed by atoms with Crippen LogP contribution in [-0.4, -0.2) is 51.0 Å². The predicted molar refractivity (Wildman–Crippen MR) is 84.9 cm³/mol. The maximum Gasteiger partial charge on any atom is 0.356 e. The molecule has 7 nitrogen and oxygen atoms in total. The van der Waals surface area contributed by atoms with Crippen molar-refractivity contribution in [3.05, 3.63) is 53.6 Å². The summed E-state index contributed by atoms with van der Waals surface area (Å²) in [7, 11) is 0. The summed E-state index contributed by atoms with van der Waals surface area (Å²) in [6, 6.07) is 3.12. The average molecular weight is 363 g/mol. The van der Waals surface area contributed by atoms with Crippen molar-refractivity contribution in [2.45, 2.75) is 18.9 Å². The molecule has 1 N–H and O–H groups in total. The molecule has 2 aromatic rings. The fourth-order valence-electron chi connectivity index (χ4n) is 2.64. The monoisotopic (exact) mass is 363 g/mol. The van der Waals surface area contributed by atoms with Crippen LogP contribution in [0.25, 0.3) is 0 Å². The molecule has 1 aliphatic rings. The first-order valence-corrected chi connectivity index (χ1v) is 7.90. The zero-order valence-corrected chi connectivity index (χ0v) is 13.6. The Morgan fingerprint density at radius 1 is 1.12 bits per heavy atom. The summed E-state index contributed by atoms with van der Waals surface area (Å²) in [5.41, 5.74) is -0.186. The highest BCUT2D eigenvalue weighted by atomic mass is 19.1. The van der Waals surface area contributed by atoms with Crippen LogP contribution in [0.5, 0.6) is 5.75 Å². The number of hydrogen-bond donors (Lipinski definition) is 1. The number of piperidine rings is 1. The predicted octanol–water partition coefficient (Wildman–Crippen LogP) is 2.14. The first-order chi connectivity index (χ1) is 12.4. The minimum atomic E-state index is -1.22. The van der Waals surface area contributed by atoms with E-state index in [2.05, 4.69) is 9.97 Å². The number of halogens is 2. The molecule has 0 aliphatic carbocycles. The molecule has 0 saturated carbocycles. The summed E-state index contributed by atoms with van der Waals surface area (Å²) in [5, 5.41) is 8.79. The third-order valence-corrected chi connectivity index (χ3v) is 4.01. The lowest BCUT2D eigenvalue weighted by atomic mass is 10.1. The lowest BCUT2D eigenvalue weighted by Crippen LogP contribution is -2.42. The fraction of sp³-hybridized carbons (Fsp3) is 0.294. The third-order valence-electron chi connectivity index (χ3n) is 4.01. The second-order valence-electron chi connectivity index (χ2n) is 5.78. The van der Waals surface area contributed by atoms with Gasteiger partial charge in [-0.2, -0.15) is 0 Å². The molecule has 1 saturated heterocycles. The molecule has 26 heavy (non-hydrogen) atoms. The number of likely N-dealkylation sites (tertiary alicyclic amines) is 1. The highest BCUT2D eigenvalue weighted by molar-refractivity contribution is 5.92. The van der Waals surface area contributed by atoms with E-state index in [0.29, 0.717) is 25.9 Å². The Balaban J connectivity index is 1.57. The van der Waals surface area contributed by atoms with Crippen LogP contribution in [0.4, 0.5) is 8.78 Å². The number of ether oxygens (including phenoxy) is 1. The van der Waals surface area contributed by atoms with Gasteiger partial charge in [-0.3, -0.25) is 4.79 Å². The first-order valence-electron chi connectivity index (χ1n) is 7.90. The molecule has 0 unspecified atom stereocenters. The summed E-state index contributed by atoms with van der Waals surface area (Å²) in [4.78, 5) is 32.2. The van der Waals surface area contributed by atoms with Gasteiger partial charge in [0.25, 0.3) is 5.91 Å². The summed E-state index contributed by atoms with van der Waals surface area (Å²) in [6.07, 6.45) is 2.82. The number of carbonyl (C=O) groups excluding carboxylic acids is 1. The Morgan fingerprint density at radius 3 is 2.35 bits per heavy atom. The minimum Gasteiger partial charge on any atom is -0.487 e. The van der Waals surface area contributed by atoms with E-state index < -0.39 is 17.6 Å². The van der Waals surface area contributed by atoms with Gasteiger partial charge in [-0.25, -0.2) is 23.5 Å². The van der Waals surface area contributed by atoms with Gasteiger partial charge < -0.3 is 14.7 Å². The number of aromatic carboxylic acids is 1. The first kappa shape index (κ1) is 17.7. The van der Waals surface area contributed by atoms with E-state index in [9.17, 15) is 18.4 Å². The van der Waals surface area contributed by atoms with Crippen LogP contribution in [0.1, 0.15) is 33.8 Å². The number of carboxylic acids is 1. The van der Waals surface area contributed by atoms with Crippen molar-refractivity contribution >= 4 is 11.9 Å². The van der Waals surface area contributed by atoms with E-state index in [1.165, 1.54) is 6.07 Å². The number of amides is 1. The zero-order chi connectivity index (χ0) is 18.7. The van der Waals surface area contributed by atoms with Crippen LogP contribution in [0, 0.1) is 11.6 Å². The van der Waals surface area contributed by atoms with Crippen LogP contribution in [0.15, 0.2) is 30.6 Å². The number of nitrogens with zero attached hydrogens (tertiary/aromatic N) is 3. The maximum atomic E-state index is 13.6. The van der Waals surface area contributed by atoms with Crippen LogP contribution in [-0.2, 0) is 0 Å². The van der Waals surface area contributed by atoms with Crippen molar-refractivity contribution in [1.29, 1.82) is 0 Å². The van der Waals surface area contributed by atoms with E-state index in [0.717, 1.165) is 24.5 Å². The zero-order valence-electron chi connectivity index (χ0n) is 13.6. The molecule has 9 heteroatoms. The van der Waals surface area contributed by atoms with Gasteiger partial charge in [-0.1, -0.05) is 0 Å². The van der Waals surface area contributed by atoms with E-state index >= 15 is 0 Å². The number of hydrogen-bond acceptors (Lipinski definition) is 5. The van der Waals surface area contributed by atoms with Crippen LogP contribution in [0.2, 0.25) is 0 Å². The largest absolute Gasteiger partial charge is 0.487 e. The van der Waals surface area contributed by atoms with Gasteiger partial charge in [0, 0.05) is 32.0 Å². The summed E-state index contributed by atoms with van der Waals surface area (Å²) < 4.78 is 32.1. The third kappa shape index (κ3) is 3.93. The Hall–Kier alpha value is -3.10. The molecule has 0 bridgehead atoms. The molecular weight excluding hydrogens is 348 g/mol. The lowest BCUT2D eigenvalue weighted by molar-refractivity contribution is 0.0580. The number of aromatic nitrogens is 2. The number of benzene rings is 1. The number of carboxylic acid groups (broad SMARTS) is 1. The fourth-order valence-corrected chi connectivity index (χ4v) is 2.64. The smallest absolute Gasteiger partial charge is 0.356 e. The van der Waals surface area contributed by atoms with Crippen molar-refractivity contribution in [2.24, 2.45) is 0 Å². The topological polar surface area (TPSA) is 92.6 Å². The van der Waals surface area contributed by atoms with Crippen molar-refractivity contribution in [3.8, 4) is 5.75 Å². The van der Waals surface area contributed by atoms with E-state index in [1.807, 2.05) is 0 Å². The molecule has 0 atom stereocenters. The van der Waals surface area contributed by atoms with Gasteiger partial charge in [0.1, 0.15) is 17.6 Å². The molecule has 1 aliphatic heterocycles. The molecule has 0 spiro atoms. The number of carbonyl (C=O) groups is 2. The van der Waals surface area contributed by atoms with Crippen molar-refractivity contribution in [1.82, 2.24) is 14.9 Å². The SMILES string of the molecule is O=C(O)c1cnc(C(=O)N2CCC(Oc3ccc(F)cc3F)CC2)cn1. The molecule has 1 aromatic heterocycles. The van der Waals surface area contributed by atoms with Gasteiger partial charge in [0.2, 0.25) is 0 Å².